The third-order valence-corrected chi connectivity index (χ3v) is 4.79. The van der Waals surface area contributed by atoms with E-state index in [4.69, 9.17) is 9.92 Å². The van der Waals surface area contributed by atoms with E-state index in [2.05, 4.69) is 20.9 Å². The molecule has 3 aromatic rings. The normalized spacial score (nSPS) is 14.2. The standard InChI is InChI=1S/C15H13BrN2O4S/c1-7(22-23(20)21)8-2-3-9-12(6-8)18-14-10(15(17)19)4-5-11(16)13(9)14/h2-7,18H,1H3,(H2,17,19)(H,20,21)/p-1. The van der Waals surface area contributed by atoms with Gasteiger partial charge in [0, 0.05) is 20.8 Å². The number of benzene rings is 2. The molecule has 0 spiro atoms. The number of nitrogens with one attached hydrogen (secondary N) is 1. The van der Waals surface area contributed by atoms with Gasteiger partial charge in [0.05, 0.1) is 28.5 Å². The van der Waals surface area contributed by atoms with Gasteiger partial charge in [0.2, 0.25) is 0 Å². The largest absolute Gasteiger partial charge is 0.750 e. The van der Waals surface area contributed by atoms with Crippen LogP contribution in [0.3, 0.4) is 0 Å². The summed E-state index contributed by atoms with van der Waals surface area (Å²) in [7, 11) is 0. The van der Waals surface area contributed by atoms with E-state index < -0.39 is 23.4 Å². The first-order chi connectivity index (χ1) is 10.9. The lowest BCUT2D eigenvalue weighted by molar-refractivity contribution is 0.100. The molecule has 0 aliphatic rings. The molecule has 0 fully saturated rings. The number of halogens is 1. The number of carbonyl (C=O) groups is 1. The van der Waals surface area contributed by atoms with Crippen LogP contribution in [0.2, 0.25) is 0 Å². The van der Waals surface area contributed by atoms with E-state index in [0.29, 0.717) is 16.6 Å². The predicted molar refractivity (Wildman–Crippen MR) is 90.4 cm³/mol. The fourth-order valence-electron chi connectivity index (χ4n) is 2.62. The van der Waals surface area contributed by atoms with Gasteiger partial charge < -0.3 is 15.3 Å². The summed E-state index contributed by atoms with van der Waals surface area (Å²) in [6, 6.07) is 8.86. The number of amides is 1. The molecule has 0 aliphatic carbocycles. The molecule has 2 atom stereocenters. The second-order valence-corrected chi connectivity index (χ2v) is 6.54. The van der Waals surface area contributed by atoms with Crippen LogP contribution in [0.4, 0.5) is 0 Å². The summed E-state index contributed by atoms with van der Waals surface area (Å²) < 4.78 is 26.9. The number of aromatic nitrogens is 1. The highest BCUT2D eigenvalue weighted by Gasteiger charge is 2.16. The van der Waals surface area contributed by atoms with Crippen LogP contribution in [0.15, 0.2) is 34.8 Å². The van der Waals surface area contributed by atoms with E-state index in [1.807, 2.05) is 6.07 Å². The molecule has 0 saturated heterocycles. The summed E-state index contributed by atoms with van der Waals surface area (Å²) in [4.78, 5) is 14.8. The first kappa shape index (κ1) is 16.1. The number of hydrogen-bond donors (Lipinski definition) is 2. The van der Waals surface area contributed by atoms with Crippen molar-refractivity contribution in [2.45, 2.75) is 13.0 Å². The summed E-state index contributed by atoms with van der Waals surface area (Å²) in [5.41, 5.74) is 7.92. The average Bonchev–Trinajstić information content (AvgIpc) is 2.85. The Morgan fingerprint density at radius 2 is 2.13 bits per heavy atom. The first-order valence-electron chi connectivity index (χ1n) is 6.68. The Morgan fingerprint density at radius 3 is 2.78 bits per heavy atom. The van der Waals surface area contributed by atoms with E-state index in [1.165, 1.54) is 0 Å². The molecule has 0 aliphatic heterocycles. The zero-order valence-electron chi connectivity index (χ0n) is 12.0. The molecule has 3 rings (SSSR count). The average molecular weight is 396 g/mol. The number of rotatable bonds is 4. The van der Waals surface area contributed by atoms with Gasteiger partial charge in [-0.3, -0.25) is 8.98 Å². The van der Waals surface area contributed by atoms with E-state index >= 15 is 0 Å². The molecule has 1 amide bonds. The highest BCUT2D eigenvalue weighted by atomic mass is 79.9. The lowest BCUT2D eigenvalue weighted by Crippen LogP contribution is -2.11. The Morgan fingerprint density at radius 1 is 1.39 bits per heavy atom. The molecule has 2 aromatic carbocycles. The molecule has 1 heterocycles. The minimum atomic E-state index is -2.59. The van der Waals surface area contributed by atoms with Gasteiger partial charge in [-0.15, -0.1) is 0 Å². The Balaban J connectivity index is 2.23. The predicted octanol–water partition coefficient (Wildman–Crippen LogP) is 3.05. The number of aromatic amines is 1. The number of hydrogen-bond acceptors (Lipinski definition) is 4. The summed E-state index contributed by atoms with van der Waals surface area (Å²) in [5.74, 6) is -0.521. The van der Waals surface area contributed by atoms with E-state index in [1.54, 1.807) is 31.2 Å². The zero-order chi connectivity index (χ0) is 16.7. The molecule has 8 heteroatoms. The number of nitrogens with two attached hydrogens (primary N) is 1. The van der Waals surface area contributed by atoms with Crippen LogP contribution < -0.4 is 5.73 Å². The van der Waals surface area contributed by atoms with Crippen LogP contribution in [0.1, 0.15) is 28.9 Å². The molecular formula is C15H12BrN2O4S-. The van der Waals surface area contributed by atoms with E-state index in [9.17, 15) is 13.6 Å². The molecule has 120 valence electrons. The van der Waals surface area contributed by atoms with Crippen molar-refractivity contribution >= 4 is 55.0 Å². The van der Waals surface area contributed by atoms with Crippen LogP contribution >= 0.6 is 15.9 Å². The summed E-state index contributed by atoms with van der Waals surface area (Å²) in [6.07, 6.45) is -0.608. The van der Waals surface area contributed by atoms with Crippen molar-refractivity contribution in [1.82, 2.24) is 4.98 Å². The third kappa shape index (κ3) is 2.90. The van der Waals surface area contributed by atoms with Crippen LogP contribution in [0.25, 0.3) is 21.8 Å². The maximum absolute atomic E-state index is 11.6. The Hall–Kier alpha value is -1.74. The topological polar surface area (TPSA) is 108 Å². The van der Waals surface area contributed by atoms with Crippen molar-refractivity contribution < 1.29 is 17.7 Å². The highest BCUT2D eigenvalue weighted by Crippen LogP contribution is 2.35. The third-order valence-electron chi connectivity index (χ3n) is 3.68. The number of H-pyrrole nitrogens is 1. The minimum Gasteiger partial charge on any atom is -0.750 e. The smallest absolute Gasteiger partial charge is 0.250 e. The molecular weight excluding hydrogens is 384 g/mol. The molecule has 2 unspecified atom stereocenters. The van der Waals surface area contributed by atoms with Gasteiger partial charge in [-0.1, -0.05) is 28.1 Å². The van der Waals surface area contributed by atoms with Crippen LogP contribution in [0, 0.1) is 0 Å². The van der Waals surface area contributed by atoms with Crippen molar-refractivity contribution in [3.05, 3.63) is 45.9 Å². The maximum Gasteiger partial charge on any atom is 0.250 e. The van der Waals surface area contributed by atoms with Crippen LogP contribution in [-0.2, 0) is 15.5 Å². The van der Waals surface area contributed by atoms with Crippen molar-refractivity contribution in [2.24, 2.45) is 5.73 Å². The first-order valence-corrected chi connectivity index (χ1v) is 8.48. The van der Waals surface area contributed by atoms with Gasteiger partial charge >= 0.3 is 0 Å². The van der Waals surface area contributed by atoms with Crippen molar-refractivity contribution in [2.75, 3.05) is 0 Å². The summed E-state index contributed by atoms with van der Waals surface area (Å²) in [5, 5.41) is 1.75. The molecule has 0 radical (unpaired) electrons. The molecule has 0 bridgehead atoms. The van der Waals surface area contributed by atoms with Gasteiger partial charge in [0.25, 0.3) is 5.91 Å². The van der Waals surface area contributed by atoms with E-state index in [-0.39, 0.29) is 0 Å². The summed E-state index contributed by atoms with van der Waals surface area (Å²) in [6.45, 7) is 1.64. The van der Waals surface area contributed by atoms with Crippen LogP contribution in [-0.4, -0.2) is 19.7 Å². The van der Waals surface area contributed by atoms with Gasteiger partial charge in [-0.25, -0.2) is 4.21 Å². The van der Waals surface area contributed by atoms with E-state index in [0.717, 1.165) is 20.8 Å². The van der Waals surface area contributed by atoms with Crippen LogP contribution in [0.5, 0.6) is 0 Å². The molecule has 0 saturated carbocycles. The zero-order valence-corrected chi connectivity index (χ0v) is 14.4. The molecule has 3 N–H and O–H groups in total. The van der Waals surface area contributed by atoms with Crippen molar-refractivity contribution in [3.63, 3.8) is 0 Å². The Kier molecular flexibility index (Phi) is 4.24. The quantitative estimate of drug-likeness (QED) is 0.661. The number of carbonyl (C=O) groups excluding carboxylic acids is 1. The Bertz CT molecular complexity index is 953. The maximum atomic E-state index is 11.6. The number of primary amides is 1. The monoisotopic (exact) mass is 395 g/mol. The minimum absolute atomic E-state index is 0.394. The summed E-state index contributed by atoms with van der Waals surface area (Å²) >= 11 is 0.895. The van der Waals surface area contributed by atoms with Crippen molar-refractivity contribution in [1.29, 1.82) is 0 Å². The van der Waals surface area contributed by atoms with Gasteiger partial charge in [0.15, 0.2) is 0 Å². The fourth-order valence-corrected chi connectivity index (χ4v) is 3.51. The molecule has 1 aromatic heterocycles. The fraction of sp³-hybridized carbons (Fsp3) is 0.133. The second kappa shape index (κ2) is 6.04. The molecule has 23 heavy (non-hydrogen) atoms. The van der Waals surface area contributed by atoms with Gasteiger partial charge in [-0.2, -0.15) is 0 Å². The molecule has 6 nitrogen and oxygen atoms in total. The highest BCUT2D eigenvalue weighted by molar-refractivity contribution is 9.10. The lowest BCUT2D eigenvalue weighted by Gasteiger charge is -2.14. The van der Waals surface area contributed by atoms with Crippen molar-refractivity contribution in [3.8, 4) is 0 Å². The SMILES string of the molecule is CC(OS(=O)[O-])c1ccc2c(c1)[nH]c1c(C(N)=O)ccc(Br)c12. The van der Waals surface area contributed by atoms with Gasteiger partial charge in [0.1, 0.15) is 0 Å². The van der Waals surface area contributed by atoms with Gasteiger partial charge in [-0.05, 0) is 30.7 Å². The Labute approximate surface area is 142 Å². The number of fused-ring (bicyclic) bond motifs is 3. The lowest BCUT2D eigenvalue weighted by atomic mass is 10.1. The second-order valence-electron chi connectivity index (χ2n) is 5.08.